The molecule has 0 radical (unpaired) electrons. The number of hydrogen-bond acceptors (Lipinski definition) is 2. The zero-order valence-corrected chi connectivity index (χ0v) is 14.8. The highest BCUT2D eigenvalue weighted by Crippen LogP contribution is 2.30. The van der Waals surface area contributed by atoms with Crippen molar-refractivity contribution in [3.8, 4) is 11.1 Å². The van der Waals surface area contributed by atoms with Crippen molar-refractivity contribution in [1.82, 2.24) is 5.32 Å². The summed E-state index contributed by atoms with van der Waals surface area (Å²) in [7, 11) is 0. The molecule has 2 N–H and O–H groups in total. The molecule has 1 fully saturated rings. The van der Waals surface area contributed by atoms with E-state index in [9.17, 15) is 9.18 Å². The van der Waals surface area contributed by atoms with E-state index in [1.165, 1.54) is 12.1 Å². The Labute approximate surface area is 152 Å². The third kappa shape index (κ3) is 4.07. The predicted molar refractivity (Wildman–Crippen MR) is 98.2 cm³/mol. The third-order valence-electron chi connectivity index (χ3n) is 4.33. The summed E-state index contributed by atoms with van der Waals surface area (Å²) < 4.78 is 13.7. The summed E-state index contributed by atoms with van der Waals surface area (Å²) in [6.45, 7) is 3.65. The first-order chi connectivity index (χ1) is 11.0. The van der Waals surface area contributed by atoms with Crippen molar-refractivity contribution in [2.24, 2.45) is 11.8 Å². The van der Waals surface area contributed by atoms with Crippen LogP contribution in [0.3, 0.4) is 0 Å². The Bertz CT molecular complexity index is 717. The zero-order chi connectivity index (χ0) is 16.4. The van der Waals surface area contributed by atoms with Crippen molar-refractivity contribution in [2.75, 3.05) is 18.4 Å². The number of anilines is 1. The lowest BCUT2D eigenvalue weighted by molar-refractivity contribution is -0.121. The number of rotatable bonds is 4. The van der Waals surface area contributed by atoms with Gasteiger partial charge in [0.15, 0.2) is 0 Å². The highest BCUT2D eigenvalue weighted by atomic mass is 35.5. The quantitative estimate of drug-likeness (QED) is 0.841. The summed E-state index contributed by atoms with van der Waals surface area (Å²) in [5, 5.41) is 6.71. The molecular formula is C18H19Cl2FN2O. The van der Waals surface area contributed by atoms with Gasteiger partial charge in [-0.25, -0.2) is 4.39 Å². The van der Waals surface area contributed by atoms with E-state index in [0.717, 1.165) is 18.7 Å². The van der Waals surface area contributed by atoms with Crippen LogP contribution in [0, 0.1) is 17.7 Å². The third-order valence-corrected chi connectivity index (χ3v) is 4.58. The van der Waals surface area contributed by atoms with Crippen LogP contribution in [-0.4, -0.2) is 19.0 Å². The molecule has 1 amide bonds. The lowest BCUT2D eigenvalue weighted by Gasteiger charge is -2.31. The molecule has 2 aromatic carbocycles. The molecule has 1 aliphatic rings. The number of carbonyl (C=O) groups is 1. The maximum Gasteiger partial charge on any atom is 0.227 e. The molecule has 0 saturated carbocycles. The molecule has 3 nitrogen and oxygen atoms in total. The van der Waals surface area contributed by atoms with E-state index in [4.69, 9.17) is 11.6 Å². The molecule has 1 saturated heterocycles. The highest BCUT2D eigenvalue weighted by molar-refractivity contribution is 6.30. The first-order valence-electron chi connectivity index (χ1n) is 7.61. The highest BCUT2D eigenvalue weighted by Gasteiger charge is 2.29. The first kappa shape index (κ1) is 18.7. The largest absolute Gasteiger partial charge is 0.325 e. The molecule has 1 atom stereocenters. The van der Waals surface area contributed by atoms with E-state index in [-0.39, 0.29) is 30.0 Å². The summed E-state index contributed by atoms with van der Waals surface area (Å²) in [5.41, 5.74) is 2.06. The number of amides is 1. The summed E-state index contributed by atoms with van der Waals surface area (Å²) in [4.78, 5) is 12.4. The maximum atomic E-state index is 13.7. The molecule has 1 heterocycles. The molecule has 1 aliphatic heterocycles. The molecule has 2 aromatic rings. The standard InChI is InChI=1S/C18H18ClFN2O.ClH/c1-11(13-9-21-10-13)18(23)22-17-7-6-15(20)8-16(17)12-2-4-14(19)5-3-12;/h2-8,11,13,21H,9-10H2,1H3,(H,22,23);1H. The Morgan fingerprint density at radius 1 is 1.25 bits per heavy atom. The van der Waals surface area contributed by atoms with Crippen LogP contribution in [0.25, 0.3) is 11.1 Å². The first-order valence-corrected chi connectivity index (χ1v) is 7.99. The van der Waals surface area contributed by atoms with Crippen LogP contribution in [0.5, 0.6) is 0 Å². The monoisotopic (exact) mass is 368 g/mol. The molecule has 0 spiro atoms. The molecule has 24 heavy (non-hydrogen) atoms. The molecule has 3 rings (SSSR count). The fraction of sp³-hybridized carbons (Fsp3) is 0.278. The van der Waals surface area contributed by atoms with E-state index in [0.29, 0.717) is 22.2 Å². The minimum absolute atomic E-state index is 0. The average Bonchev–Trinajstić information content (AvgIpc) is 2.48. The van der Waals surface area contributed by atoms with E-state index in [1.807, 2.05) is 19.1 Å². The molecular weight excluding hydrogens is 350 g/mol. The summed E-state index contributed by atoms with van der Waals surface area (Å²) in [6, 6.07) is 11.5. The van der Waals surface area contributed by atoms with Gasteiger partial charge < -0.3 is 10.6 Å². The average molecular weight is 369 g/mol. The van der Waals surface area contributed by atoms with Crippen LogP contribution >= 0.6 is 24.0 Å². The van der Waals surface area contributed by atoms with E-state index in [1.54, 1.807) is 18.2 Å². The van der Waals surface area contributed by atoms with Gasteiger partial charge in [-0.15, -0.1) is 12.4 Å². The van der Waals surface area contributed by atoms with Gasteiger partial charge in [0.2, 0.25) is 5.91 Å². The topological polar surface area (TPSA) is 41.1 Å². The van der Waals surface area contributed by atoms with Gasteiger partial charge in [-0.1, -0.05) is 30.7 Å². The zero-order valence-electron chi connectivity index (χ0n) is 13.2. The van der Waals surface area contributed by atoms with E-state index >= 15 is 0 Å². The lowest BCUT2D eigenvalue weighted by atomic mass is 9.88. The van der Waals surface area contributed by atoms with Crippen molar-refractivity contribution >= 4 is 35.6 Å². The second-order valence-electron chi connectivity index (χ2n) is 5.89. The number of carbonyl (C=O) groups excluding carboxylic acids is 1. The second kappa shape index (κ2) is 7.97. The van der Waals surface area contributed by atoms with Crippen molar-refractivity contribution < 1.29 is 9.18 Å². The molecule has 0 bridgehead atoms. The Kier molecular flexibility index (Phi) is 6.21. The van der Waals surface area contributed by atoms with Crippen molar-refractivity contribution in [2.45, 2.75) is 6.92 Å². The fourth-order valence-corrected chi connectivity index (χ4v) is 2.74. The van der Waals surface area contributed by atoms with Gasteiger partial charge in [-0.05, 0) is 54.9 Å². The molecule has 1 unspecified atom stereocenters. The Morgan fingerprint density at radius 2 is 1.92 bits per heavy atom. The van der Waals surface area contributed by atoms with Gasteiger partial charge in [0.25, 0.3) is 0 Å². The van der Waals surface area contributed by atoms with Crippen LogP contribution < -0.4 is 10.6 Å². The van der Waals surface area contributed by atoms with Gasteiger partial charge in [0.1, 0.15) is 5.82 Å². The van der Waals surface area contributed by atoms with Gasteiger partial charge in [0.05, 0.1) is 0 Å². The van der Waals surface area contributed by atoms with Gasteiger partial charge in [-0.2, -0.15) is 0 Å². The number of benzene rings is 2. The summed E-state index contributed by atoms with van der Waals surface area (Å²) in [6.07, 6.45) is 0. The minimum Gasteiger partial charge on any atom is -0.325 e. The summed E-state index contributed by atoms with van der Waals surface area (Å²) in [5.74, 6) is -0.115. The number of nitrogens with one attached hydrogen (secondary N) is 2. The van der Waals surface area contributed by atoms with Crippen LogP contribution in [-0.2, 0) is 4.79 Å². The van der Waals surface area contributed by atoms with Gasteiger partial charge in [0, 0.05) is 22.2 Å². The van der Waals surface area contributed by atoms with E-state index in [2.05, 4.69) is 10.6 Å². The maximum absolute atomic E-state index is 13.7. The van der Waals surface area contributed by atoms with Gasteiger partial charge >= 0.3 is 0 Å². The Balaban J connectivity index is 0.00000208. The Hall–Kier alpha value is -1.62. The molecule has 6 heteroatoms. The van der Waals surface area contributed by atoms with Crippen LogP contribution in [0.15, 0.2) is 42.5 Å². The number of hydrogen-bond donors (Lipinski definition) is 2. The van der Waals surface area contributed by atoms with Crippen molar-refractivity contribution in [3.05, 3.63) is 53.3 Å². The van der Waals surface area contributed by atoms with Crippen LogP contribution in [0.2, 0.25) is 5.02 Å². The van der Waals surface area contributed by atoms with E-state index < -0.39 is 0 Å². The predicted octanol–water partition coefficient (Wildman–Crippen LogP) is 4.36. The molecule has 128 valence electrons. The number of halogens is 3. The fourth-order valence-electron chi connectivity index (χ4n) is 2.62. The smallest absolute Gasteiger partial charge is 0.227 e. The lowest BCUT2D eigenvalue weighted by Crippen LogP contribution is -2.48. The normalized spacial score (nSPS) is 15.1. The van der Waals surface area contributed by atoms with Crippen molar-refractivity contribution in [3.63, 3.8) is 0 Å². The Morgan fingerprint density at radius 3 is 2.50 bits per heavy atom. The van der Waals surface area contributed by atoms with Crippen LogP contribution in [0.1, 0.15) is 6.92 Å². The molecule has 0 aromatic heterocycles. The SMILES string of the molecule is CC(C(=O)Nc1ccc(F)cc1-c1ccc(Cl)cc1)C1CNC1.Cl. The summed E-state index contributed by atoms with van der Waals surface area (Å²) >= 11 is 5.90. The van der Waals surface area contributed by atoms with Crippen molar-refractivity contribution in [1.29, 1.82) is 0 Å². The van der Waals surface area contributed by atoms with Crippen LogP contribution in [0.4, 0.5) is 10.1 Å². The minimum atomic E-state index is -0.343. The molecule has 0 aliphatic carbocycles. The van der Waals surface area contributed by atoms with Gasteiger partial charge in [-0.3, -0.25) is 4.79 Å². The second-order valence-corrected chi connectivity index (χ2v) is 6.33.